The highest BCUT2D eigenvalue weighted by atomic mass is 32.2. The fourth-order valence-corrected chi connectivity index (χ4v) is 5.20. The lowest BCUT2D eigenvalue weighted by Gasteiger charge is -2.37. The molecule has 2 aromatic rings. The van der Waals surface area contributed by atoms with Gasteiger partial charge in [-0.05, 0) is 49.9 Å². The topological polar surface area (TPSA) is 46.6 Å². The van der Waals surface area contributed by atoms with Crippen molar-refractivity contribution in [3.8, 4) is 0 Å². The number of benzene rings is 2. The van der Waals surface area contributed by atoms with Crippen LogP contribution in [0.1, 0.15) is 23.6 Å². The second kappa shape index (κ2) is 7.28. The number of aryl methyl sites for hydroxylation is 2. The summed E-state index contributed by atoms with van der Waals surface area (Å²) >= 11 is 0. The molecule has 3 rings (SSSR count). The molecule has 2 atom stereocenters. The van der Waals surface area contributed by atoms with Crippen molar-refractivity contribution in [2.75, 3.05) is 13.2 Å². The second-order valence-corrected chi connectivity index (χ2v) is 8.70. The smallest absolute Gasteiger partial charge is 0.243 e. The first-order chi connectivity index (χ1) is 11.9. The molecule has 1 aliphatic rings. The molecule has 0 radical (unpaired) electrons. The van der Waals surface area contributed by atoms with Crippen LogP contribution in [0.15, 0.2) is 53.4 Å². The van der Waals surface area contributed by atoms with Gasteiger partial charge < -0.3 is 4.74 Å². The Balaban J connectivity index is 1.85. The molecule has 0 aliphatic carbocycles. The average molecular weight is 359 g/mol. The van der Waals surface area contributed by atoms with Crippen molar-refractivity contribution < 1.29 is 13.2 Å². The van der Waals surface area contributed by atoms with Gasteiger partial charge in [-0.15, -0.1) is 0 Å². The van der Waals surface area contributed by atoms with Crippen molar-refractivity contribution in [1.29, 1.82) is 0 Å². The summed E-state index contributed by atoms with van der Waals surface area (Å²) in [4.78, 5) is 0.403. The normalized spacial score (nSPS) is 22.0. The highest BCUT2D eigenvalue weighted by Crippen LogP contribution is 2.26. The minimum absolute atomic E-state index is 0.126. The summed E-state index contributed by atoms with van der Waals surface area (Å²) in [5.74, 6) is 0. The van der Waals surface area contributed by atoms with Gasteiger partial charge >= 0.3 is 0 Å². The van der Waals surface area contributed by atoms with Crippen LogP contribution in [0, 0.1) is 13.8 Å². The standard InChI is InChI=1S/C20H25NO3S/c1-15-9-10-16(2)20(11-15)25(22,23)21-13-19(24-14-17(21)3)12-18-7-5-4-6-8-18/h4-11,17,19H,12-14H2,1-3H3. The Hall–Kier alpha value is -1.69. The van der Waals surface area contributed by atoms with Crippen LogP contribution in [-0.4, -0.2) is 38.0 Å². The van der Waals surface area contributed by atoms with Gasteiger partial charge in [-0.1, -0.05) is 42.5 Å². The van der Waals surface area contributed by atoms with Gasteiger partial charge in [0, 0.05) is 12.6 Å². The van der Waals surface area contributed by atoms with Gasteiger partial charge in [0.05, 0.1) is 17.6 Å². The lowest BCUT2D eigenvalue weighted by atomic mass is 10.1. The maximum Gasteiger partial charge on any atom is 0.243 e. The molecule has 0 saturated carbocycles. The van der Waals surface area contributed by atoms with E-state index in [1.807, 2.05) is 63.2 Å². The van der Waals surface area contributed by atoms with E-state index in [1.54, 1.807) is 10.4 Å². The number of sulfonamides is 1. The lowest BCUT2D eigenvalue weighted by Crippen LogP contribution is -2.51. The zero-order chi connectivity index (χ0) is 18.0. The van der Waals surface area contributed by atoms with Crippen molar-refractivity contribution >= 4 is 10.0 Å². The van der Waals surface area contributed by atoms with Gasteiger partial charge in [0.25, 0.3) is 0 Å². The van der Waals surface area contributed by atoms with E-state index in [4.69, 9.17) is 4.74 Å². The summed E-state index contributed by atoms with van der Waals surface area (Å²) in [5.41, 5.74) is 2.89. The molecule has 1 heterocycles. The van der Waals surface area contributed by atoms with E-state index in [1.165, 1.54) is 0 Å². The van der Waals surface area contributed by atoms with Crippen molar-refractivity contribution in [1.82, 2.24) is 4.31 Å². The molecule has 0 bridgehead atoms. The molecule has 0 aromatic heterocycles. The first-order valence-electron chi connectivity index (χ1n) is 8.62. The Labute approximate surface area is 150 Å². The summed E-state index contributed by atoms with van der Waals surface area (Å²) in [7, 11) is -3.54. The van der Waals surface area contributed by atoms with Gasteiger partial charge in [0.2, 0.25) is 10.0 Å². The number of hydrogen-bond acceptors (Lipinski definition) is 3. The molecule has 0 N–H and O–H groups in total. The summed E-state index contributed by atoms with van der Waals surface area (Å²) < 4.78 is 34.0. The summed E-state index contributed by atoms with van der Waals surface area (Å²) in [6.07, 6.45) is 0.588. The Morgan fingerprint density at radius 1 is 1.12 bits per heavy atom. The van der Waals surface area contributed by atoms with Crippen LogP contribution in [0.4, 0.5) is 0 Å². The Morgan fingerprint density at radius 2 is 1.84 bits per heavy atom. The van der Waals surface area contributed by atoms with Crippen LogP contribution in [0.3, 0.4) is 0 Å². The third kappa shape index (κ3) is 3.94. The minimum Gasteiger partial charge on any atom is -0.375 e. The van der Waals surface area contributed by atoms with Crippen LogP contribution in [0.5, 0.6) is 0 Å². The fourth-order valence-electron chi connectivity index (χ4n) is 3.24. The zero-order valence-electron chi connectivity index (χ0n) is 15.0. The van der Waals surface area contributed by atoms with Gasteiger partial charge in [0.15, 0.2) is 0 Å². The molecule has 1 saturated heterocycles. The SMILES string of the molecule is Cc1ccc(C)c(S(=O)(=O)N2CC(Cc3ccccc3)OCC2C)c1. The monoisotopic (exact) mass is 359 g/mol. The number of morpholine rings is 1. The Kier molecular flexibility index (Phi) is 5.27. The molecular formula is C20H25NO3S. The molecule has 1 fully saturated rings. The van der Waals surface area contributed by atoms with Crippen LogP contribution in [0.2, 0.25) is 0 Å². The number of rotatable bonds is 4. The van der Waals surface area contributed by atoms with Crippen LogP contribution in [0.25, 0.3) is 0 Å². The van der Waals surface area contributed by atoms with Gasteiger partial charge in [-0.25, -0.2) is 8.42 Å². The van der Waals surface area contributed by atoms with E-state index >= 15 is 0 Å². The fraction of sp³-hybridized carbons (Fsp3) is 0.400. The first-order valence-corrected chi connectivity index (χ1v) is 10.1. The number of ether oxygens (including phenoxy) is 1. The maximum absolute atomic E-state index is 13.2. The molecule has 134 valence electrons. The van der Waals surface area contributed by atoms with Crippen LogP contribution >= 0.6 is 0 Å². The third-order valence-electron chi connectivity index (χ3n) is 4.68. The van der Waals surface area contributed by atoms with Gasteiger partial charge in [-0.2, -0.15) is 4.31 Å². The Bertz CT molecular complexity index is 833. The minimum atomic E-state index is -3.54. The average Bonchev–Trinajstić information content (AvgIpc) is 2.59. The largest absolute Gasteiger partial charge is 0.375 e. The van der Waals surface area contributed by atoms with Gasteiger partial charge in [0.1, 0.15) is 0 Å². The van der Waals surface area contributed by atoms with Crippen molar-refractivity contribution in [3.63, 3.8) is 0 Å². The van der Waals surface area contributed by atoms with E-state index in [0.29, 0.717) is 24.5 Å². The van der Waals surface area contributed by atoms with Crippen molar-refractivity contribution in [3.05, 3.63) is 65.2 Å². The zero-order valence-corrected chi connectivity index (χ0v) is 15.8. The van der Waals surface area contributed by atoms with Crippen molar-refractivity contribution in [2.45, 2.75) is 44.2 Å². The molecule has 25 heavy (non-hydrogen) atoms. The molecule has 1 aliphatic heterocycles. The maximum atomic E-state index is 13.2. The molecule has 4 nitrogen and oxygen atoms in total. The summed E-state index contributed by atoms with van der Waals surface area (Å²) in [6.45, 7) is 6.47. The van der Waals surface area contributed by atoms with E-state index in [0.717, 1.165) is 16.7 Å². The first kappa shape index (κ1) is 18.1. The highest BCUT2D eigenvalue weighted by molar-refractivity contribution is 7.89. The molecule has 0 amide bonds. The van der Waals surface area contributed by atoms with E-state index in [-0.39, 0.29) is 12.1 Å². The number of hydrogen-bond donors (Lipinski definition) is 0. The second-order valence-electron chi connectivity index (χ2n) is 6.84. The molecule has 2 unspecified atom stereocenters. The third-order valence-corrected chi connectivity index (χ3v) is 6.81. The molecule has 5 heteroatoms. The van der Waals surface area contributed by atoms with E-state index in [9.17, 15) is 8.42 Å². The molecule has 2 aromatic carbocycles. The lowest BCUT2D eigenvalue weighted by molar-refractivity contribution is -0.0265. The Morgan fingerprint density at radius 3 is 2.56 bits per heavy atom. The quantitative estimate of drug-likeness (QED) is 0.841. The van der Waals surface area contributed by atoms with E-state index < -0.39 is 10.0 Å². The van der Waals surface area contributed by atoms with Crippen molar-refractivity contribution in [2.24, 2.45) is 0 Å². The summed E-state index contributed by atoms with van der Waals surface area (Å²) in [5, 5.41) is 0. The molecular weight excluding hydrogens is 334 g/mol. The molecule has 0 spiro atoms. The van der Waals surface area contributed by atoms with Crippen LogP contribution < -0.4 is 0 Å². The van der Waals surface area contributed by atoms with Crippen LogP contribution in [-0.2, 0) is 21.2 Å². The highest BCUT2D eigenvalue weighted by Gasteiger charge is 2.36. The van der Waals surface area contributed by atoms with E-state index in [2.05, 4.69) is 0 Å². The van der Waals surface area contributed by atoms with Gasteiger partial charge in [-0.3, -0.25) is 0 Å². The predicted octanol–water partition coefficient (Wildman–Crippen LogP) is 3.32. The number of nitrogens with zero attached hydrogens (tertiary/aromatic N) is 1. The predicted molar refractivity (Wildman–Crippen MR) is 99.2 cm³/mol. The summed E-state index contributed by atoms with van der Waals surface area (Å²) in [6, 6.07) is 15.5.